The molecule has 0 atom stereocenters. The van der Waals surface area contributed by atoms with E-state index in [0.29, 0.717) is 5.25 Å². The molecule has 0 aromatic heterocycles. The van der Waals surface area contributed by atoms with Crippen molar-refractivity contribution in [2.24, 2.45) is 0 Å². The fourth-order valence-electron chi connectivity index (χ4n) is 1.31. The Bertz CT molecular complexity index is 294. The van der Waals surface area contributed by atoms with Crippen molar-refractivity contribution in [2.75, 3.05) is 0 Å². The molecule has 0 nitrogen and oxygen atoms in total. The molecule has 0 aliphatic carbocycles. The van der Waals surface area contributed by atoms with Crippen molar-refractivity contribution in [1.82, 2.24) is 0 Å². The summed E-state index contributed by atoms with van der Waals surface area (Å²) < 4.78 is 0. The van der Waals surface area contributed by atoms with Crippen LogP contribution in [0.15, 0.2) is 29.2 Å². The molecular weight excluding hydrogens is 188 g/mol. The maximum atomic E-state index is 2.31. The summed E-state index contributed by atoms with van der Waals surface area (Å²) in [5.74, 6) is 0. The Hall–Kier alpha value is -0.430. The van der Waals surface area contributed by atoms with E-state index >= 15 is 0 Å². The lowest BCUT2D eigenvalue weighted by Crippen LogP contribution is -2.10. The smallest absolute Gasteiger partial charge is 0.00775 e. The fourth-order valence-corrected chi connectivity index (χ4v) is 2.20. The van der Waals surface area contributed by atoms with Gasteiger partial charge >= 0.3 is 0 Å². The lowest BCUT2D eigenvalue weighted by molar-refractivity contribution is 0.588. The summed E-state index contributed by atoms with van der Waals surface area (Å²) in [6, 6.07) is 8.88. The molecule has 1 heteroatoms. The van der Waals surface area contributed by atoms with Gasteiger partial charge in [-0.15, -0.1) is 11.8 Å². The molecule has 0 heterocycles. The van der Waals surface area contributed by atoms with Crippen molar-refractivity contribution in [3.05, 3.63) is 29.8 Å². The fraction of sp³-hybridized carbons (Fsp3) is 0.538. The molecule has 0 saturated carbocycles. The monoisotopic (exact) mass is 208 g/mol. The first kappa shape index (κ1) is 11.6. The second-order valence-electron chi connectivity index (χ2n) is 4.94. The Kier molecular flexibility index (Phi) is 3.65. The number of thioether (sulfide) groups is 1. The molecule has 0 N–H and O–H groups in total. The summed E-state index contributed by atoms with van der Waals surface area (Å²) >= 11 is 1.93. The predicted molar refractivity (Wildman–Crippen MR) is 66.1 cm³/mol. The Morgan fingerprint density at radius 2 is 1.79 bits per heavy atom. The van der Waals surface area contributed by atoms with E-state index in [1.807, 2.05) is 11.8 Å². The molecular formula is C13H20S. The van der Waals surface area contributed by atoms with Gasteiger partial charge in [-0.05, 0) is 23.1 Å². The van der Waals surface area contributed by atoms with Gasteiger partial charge in [-0.1, -0.05) is 46.8 Å². The van der Waals surface area contributed by atoms with Crippen LogP contribution >= 0.6 is 11.8 Å². The van der Waals surface area contributed by atoms with Gasteiger partial charge in [-0.3, -0.25) is 0 Å². The minimum Gasteiger partial charge on any atom is -0.123 e. The lowest BCUT2D eigenvalue weighted by atomic mass is 9.87. The highest BCUT2D eigenvalue weighted by atomic mass is 32.2. The molecule has 0 fully saturated rings. The van der Waals surface area contributed by atoms with Crippen molar-refractivity contribution in [3.63, 3.8) is 0 Å². The molecule has 1 aromatic carbocycles. The van der Waals surface area contributed by atoms with Crippen LogP contribution in [0.4, 0.5) is 0 Å². The van der Waals surface area contributed by atoms with Gasteiger partial charge in [0.25, 0.3) is 0 Å². The van der Waals surface area contributed by atoms with E-state index in [-0.39, 0.29) is 5.41 Å². The molecule has 0 unspecified atom stereocenters. The maximum absolute atomic E-state index is 2.31. The highest BCUT2D eigenvalue weighted by molar-refractivity contribution is 7.99. The van der Waals surface area contributed by atoms with Gasteiger partial charge in [0.2, 0.25) is 0 Å². The highest BCUT2D eigenvalue weighted by Gasteiger charge is 2.13. The second-order valence-corrected chi connectivity index (χ2v) is 6.59. The van der Waals surface area contributed by atoms with Gasteiger partial charge in [-0.2, -0.15) is 0 Å². The summed E-state index contributed by atoms with van der Waals surface area (Å²) in [6.45, 7) is 11.2. The van der Waals surface area contributed by atoms with E-state index in [1.54, 1.807) is 0 Å². The number of hydrogen-bond acceptors (Lipinski definition) is 1. The van der Waals surface area contributed by atoms with Crippen LogP contribution in [0.2, 0.25) is 0 Å². The Morgan fingerprint density at radius 1 is 1.14 bits per heavy atom. The van der Waals surface area contributed by atoms with Crippen molar-refractivity contribution in [2.45, 2.75) is 50.2 Å². The Balaban J connectivity index is 2.90. The van der Waals surface area contributed by atoms with E-state index < -0.39 is 0 Å². The third kappa shape index (κ3) is 3.38. The zero-order chi connectivity index (χ0) is 10.8. The highest BCUT2D eigenvalue weighted by Crippen LogP contribution is 2.28. The molecule has 78 valence electrons. The van der Waals surface area contributed by atoms with Crippen LogP contribution < -0.4 is 0 Å². The molecule has 0 saturated heterocycles. The van der Waals surface area contributed by atoms with Gasteiger partial charge in [0, 0.05) is 10.1 Å². The van der Waals surface area contributed by atoms with Gasteiger partial charge < -0.3 is 0 Å². The summed E-state index contributed by atoms with van der Waals surface area (Å²) in [6.07, 6.45) is 0. The molecule has 0 bridgehead atoms. The van der Waals surface area contributed by atoms with E-state index in [0.717, 1.165) is 0 Å². The van der Waals surface area contributed by atoms with Crippen LogP contribution in [-0.4, -0.2) is 5.25 Å². The second kappa shape index (κ2) is 4.39. The minimum atomic E-state index is 0.257. The number of hydrogen-bond donors (Lipinski definition) is 0. The van der Waals surface area contributed by atoms with E-state index in [1.165, 1.54) is 10.5 Å². The molecule has 1 rings (SSSR count). The SMILES string of the molecule is CC(C)Sc1cccc(C(C)(C)C)c1. The van der Waals surface area contributed by atoms with E-state index in [9.17, 15) is 0 Å². The van der Waals surface area contributed by atoms with Crippen LogP contribution in [0, 0.1) is 0 Å². The summed E-state index contributed by atoms with van der Waals surface area (Å²) in [5, 5.41) is 0.658. The predicted octanol–water partition coefficient (Wildman–Crippen LogP) is 4.48. The van der Waals surface area contributed by atoms with Crippen molar-refractivity contribution in [3.8, 4) is 0 Å². The Morgan fingerprint density at radius 3 is 2.29 bits per heavy atom. The molecule has 14 heavy (non-hydrogen) atoms. The largest absolute Gasteiger partial charge is 0.123 e. The molecule has 0 aliphatic rings. The van der Waals surface area contributed by atoms with E-state index in [4.69, 9.17) is 0 Å². The van der Waals surface area contributed by atoms with Crippen LogP contribution in [0.3, 0.4) is 0 Å². The Labute approximate surface area is 92.1 Å². The van der Waals surface area contributed by atoms with Crippen LogP contribution in [0.5, 0.6) is 0 Å². The number of rotatable bonds is 2. The molecule has 1 aromatic rings. The average molecular weight is 208 g/mol. The zero-order valence-electron chi connectivity index (χ0n) is 9.79. The van der Waals surface area contributed by atoms with Crippen LogP contribution in [-0.2, 0) is 5.41 Å². The van der Waals surface area contributed by atoms with Crippen LogP contribution in [0.25, 0.3) is 0 Å². The van der Waals surface area contributed by atoms with Crippen LogP contribution in [0.1, 0.15) is 40.2 Å². The summed E-state index contributed by atoms with van der Waals surface area (Å²) in [5.41, 5.74) is 1.68. The van der Waals surface area contributed by atoms with Crippen molar-refractivity contribution < 1.29 is 0 Å². The van der Waals surface area contributed by atoms with Gasteiger partial charge in [-0.25, -0.2) is 0 Å². The first-order chi connectivity index (χ1) is 6.39. The van der Waals surface area contributed by atoms with E-state index in [2.05, 4.69) is 58.9 Å². The minimum absolute atomic E-state index is 0.257. The lowest BCUT2D eigenvalue weighted by Gasteiger charge is -2.19. The van der Waals surface area contributed by atoms with Crippen molar-refractivity contribution in [1.29, 1.82) is 0 Å². The quantitative estimate of drug-likeness (QED) is 0.645. The van der Waals surface area contributed by atoms with Gasteiger partial charge in [0.05, 0.1) is 0 Å². The topological polar surface area (TPSA) is 0 Å². The third-order valence-electron chi connectivity index (χ3n) is 2.07. The first-order valence-electron chi connectivity index (χ1n) is 5.17. The third-order valence-corrected chi connectivity index (χ3v) is 3.07. The van der Waals surface area contributed by atoms with Crippen molar-refractivity contribution >= 4 is 11.8 Å². The van der Waals surface area contributed by atoms with Gasteiger partial charge in [0.1, 0.15) is 0 Å². The van der Waals surface area contributed by atoms with Gasteiger partial charge in [0.15, 0.2) is 0 Å². The molecule has 0 amide bonds. The zero-order valence-corrected chi connectivity index (χ0v) is 10.6. The maximum Gasteiger partial charge on any atom is 0.00775 e. The first-order valence-corrected chi connectivity index (χ1v) is 6.05. The average Bonchev–Trinajstić information content (AvgIpc) is 2.01. The molecule has 0 radical (unpaired) electrons. The molecule has 0 spiro atoms. The number of benzene rings is 1. The normalized spacial score (nSPS) is 12.1. The standard InChI is InChI=1S/C13H20S/c1-10(2)14-12-8-6-7-11(9-12)13(3,4)5/h6-10H,1-5H3. The summed E-state index contributed by atoms with van der Waals surface area (Å²) in [4.78, 5) is 1.38. The molecule has 0 aliphatic heterocycles. The summed E-state index contributed by atoms with van der Waals surface area (Å²) in [7, 11) is 0.